The Bertz CT molecular complexity index is 230. The van der Waals surface area contributed by atoms with Crippen molar-refractivity contribution in [3.63, 3.8) is 0 Å². The Morgan fingerprint density at radius 1 is 1.50 bits per heavy atom. The summed E-state index contributed by atoms with van der Waals surface area (Å²) >= 11 is 0. The predicted molar refractivity (Wildman–Crippen MR) is 66.3 cm³/mol. The lowest BCUT2D eigenvalue weighted by molar-refractivity contribution is -0.124. The molecule has 16 heavy (non-hydrogen) atoms. The summed E-state index contributed by atoms with van der Waals surface area (Å²) in [6.45, 7) is 6.34. The monoisotopic (exact) mass is 227 g/mol. The second-order valence-electron chi connectivity index (χ2n) is 5.23. The van der Waals surface area contributed by atoms with Crippen molar-refractivity contribution in [2.45, 2.75) is 38.8 Å². The van der Waals surface area contributed by atoms with Crippen LogP contribution in [-0.4, -0.2) is 50.1 Å². The molecule has 2 atom stereocenters. The van der Waals surface area contributed by atoms with E-state index in [1.807, 2.05) is 7.05 Å². The maximum Gasteiger partial charge on any atom is 0.237 e. The van der Waals surface area contributed by atoms with Crippen molar-refractivity contribution in [2.24, 2.45) is 5.92 Å². The predicted octanol–water partition coefficient (Wildman–Crippen LogP) is 0.441. The molecule has 0 aromatic heterocycles. The van der Waals surface area contributed by atoms with Gasteiger partial charge in [-0.05, 0) is 39.4 Å². The highest BCUT2D eigenvalue weighted by Crippen LogP contribution is 2.08. The number of nitrogens with zero attached hydrogens (tertiary/aromatic N) is 1. The second kappa shape index (κ2) is 6.21. The highest BCUT2D eigenvalue weighted by Gasteiger charge is 2.24. The highest BCUT2D eigenvalue weighted by molar-refractivity contribution is 5.82. The Labute approximate surface area is 98.8 Å². The number of hydrogen-bond donors (Lipinski definition) is 2. The molecule has 2 N–H and O–H groups in total. The molecule has 1 aliphatic rings. The van der Waals surface area contributed by atoms with E-state index in [1.165, 1.54) is 0 Å². The molecule has 4 nitrogen and oxygen atoms in total. The normalized spacial score (nSPS) is 23.7. The summed E-state index contributed by atoms with van der Waals surface area (Å²) in [7, 11) is 3.95. The number of rotatable bonds is 5. The largest absolute Gasteiger partial charge is 0.351 e. The fourth-order valence-electron chi connectivity index (χ4n) is 2.18. The van der Waals surface area contributed by atoms with Gasteiger partial charge in [0.1, 0.15) is 0 Å². The molecular formula is C12H25N3O. The van der Waals surface area contributed by atoms with Crippen LogP contribution in [-0.2, 0) is 4.79 Å². The van der Waals surface area contributed by atoms with E-state index in [1.54, 1.807) is 0 Å². The maximum absolute atomic E-state index is 12.0. The Kier molecular flexibility index (Phi) is 5.22. The average molecular weight is 227 g/mol. The zero-order valence-corrected chi connectivity index (χ0v) is 10.9. The molecule has 0 radical (unpaired) electrons. The Hall–Kier alpha value is -0.610. The third-order valence-corrected chi connectivity index (χ3v) is 3.11. The average Bonchev–Trinajstić information content (AvgIpc) is 2.60. The van der Waals surface area contributed by atoms with Gasteiger partial charge in [0.15, 0.2) is 0 Å². The molecule has 0 aromatic rings. The fourth-order valence-corrected chi connectivity index (χ4v) is 2.18. The molecule has 4 heteroatoms. The Morgan fingerprint density at radius 2 is 2.19 bits per heavy atom. The number of carbonyl (C=O) groups is 1. The third-order valence-electron chi connectivity index (χ3n) is 3.11. The first kappa shape index (κ1) is 13.5. The van der Waals surface area contributed by atoms with Crippen LogP contribution < -0.4 is 10.6 Å². The van der Waals surface area contributed by atoms with Crippen molar-refractivity contribution in [2.75, 3.05) is 27.2 Å². The van der Waals surface area contributed by atoms with Crippen LogP contribution in [0.3, 0.4) is 0 Å². The maximum atomic E-state index is 12.0. The minimum absolute atomic E-state index is 0.0501. The first-order chi connectivity index (χ1) is 7.52. The third kappa shape index (κ3) is 4.10. The number of hydrogen-bond acceptors (Lipinski definition) is 3. The molecule has 1 fully saturated rings. The van der Waals surface area contributed by atoms with Crippen LogP contribution >= 0.6 is 0 Å². The fraction of sp³-hybridized carbons (Fsp3) is 0.917. The van der Waals surface area contributed by atoms with E-state index in [4.69, 9.17) is 0 Å². The van der Waals surface area contributed by atoms with Gasteiger partial charge in [-0.15, -0.1) is 0 Å². The van der Waals surface area contributed by atoms with Crippen molar-refractivity contribution in [1.82, 2.24) is 15.5 Å². The SMILES string of the molecule is CNC(CC(C)C)C(=O)NC1CCN(C)C1. The standard InChI is InChI=1S/C12H25N3O/c1-9(2)7-11(13-3)12(16)14-10-5-6-15(4)8-10/h9-11,13H,5-8H2,1-4H3,(H,14,16). The van der Waals surface area contributed by atoms with Crippen LogP contribution in [0.1, 0.15) is 26.7 Å². The molecule has 1 heterocycles. The summed E-state index contributed by atoms with van der Waals surface area (Å²) in [6.07, 6.45) is 1.96. The smallest absolute Gasteiger partial charge is 0.237 e. The van der Waals surface area contributed by atoms with E-state index >= 15 is 0 Å². The molecule has 0 aromatic carbocycles. The molecule has 94 valence electrons. The molecule has 0 saturated carbocycles. The molecule has 0 aliphatic carbocycles. The Balaban J connectivity index is 2.37. The van der Waals surface area contributed by atoms with Gasteiger partial charge in [0.25, 0.3) is 0 Å². The molecule has 2 unspecified atom stereocenters. The van der Waals surface area contributed by atoms with Gasteiger partial charge in [-0.25, -0.2) is 0 Å². The Morgan fingerprint density at radius 3 is 2.62 bits per heavy atom. The molecule has 1 rings (SSSR count). The van der Waals surface area contributed by atoms with Gasteiger partial charge >= 0.3 is 0 Å². The summed E-state index contributed by atoms with van der Waals surface area (Å²) in [5.74, 6) is 0.686. The van der Waals surface area contributed by atoms with E-state index in [-0.39, 0.29) is 11.9 Å². The van der Waals surface area contributed by atoms with Gasteiger partial charge in [-0.1, -0.05) is 13.8 Å². The summed E-state index contributed by atoms with van der Waals surface area (Å²) in [5, 5.41) is 6.22. The lowest BCUT2D eigenvalue weighted by atomic mass is 10.0. The van der Waals surface area contributed by atoms with Gasteiger partial charge in [0.05, 0.1) is 6.04 Å². The summed E-state index contributed by atoms with van der Waals surface area (Å²) in [6, 6.07) is 0.284. The second-order valence-corrected chi connectivity index (χ2v) is 5.23. The molecule has 0 spiro atoms. The molecular weight excluding hydrogens is 202 g/mol. The van der Waals surface area contributed by atoms with Crippen LogP contribution in [0, 0.1) is 5.92 Å². The van der Waals surface area contributed by atoms with Crippen LogP contribution in [0.15, 0.2) is 0 Å². The van der Waals surface area contributed by atoms with Crippen LogP contribution in [0.2, 0.25) is 0 Å². The zero-order chi connectivity index (χ0) is 12.1. The quantitative estimate of drug-likeness (QED) is 0.716. The van der Waals surface area contributed by atoms with Gasteiger partial charge in [-0.2, -0.15) is 0 Å². The number of likely N-dealkylation sites (tertiary alicyclic amines) is 1. The minimum atomic E-state index is -0.0501. The topological polar surface area (TPSA) is 44.4 Å². The van der Waals surface area contributed by atoms with E-state index < -0.39 is 0 Å². The number of amides is 1. The number of carbonyl (C=O) groups excluding carboxylic acids is 1. The van der Waals surface area contributed by atoms with Crippen molar-refractivity contribution in [1.29, 1.82) is 0 Å². The van der Waals surface area contributed by atoms with E-state index in [2.05, 4.69) is 36.4 Å². The van der Waals surface area contributed by atoms with Crippen LogP contribution in [0.25, 0.3) is 0 Å². The van der Waals surface area contributed by atoms with Gasteiger partial charge in [-0.3, -0.25) is 4.79 Å². The first-order valence-corrected chi connectivity index (χ1v) is 6.19. The van der Waals surface area contributed by atoms with E-state index in [0.717, 1.165) is 25.9 Å². The van der Waals surface area contributed by atoms with Crippen molar-refractivity contribution < 1.29 is 4.79 Å². The van der Waals surface area contributed by atoms with E-state index in [0.29, 0.717) is 12.0 Å². The van der Waals surface area contributed by atoms with Gasteiger partial charge in [0, 0.05) is 12.6 Å². The summed E-state index contributed by atoms with van der Waals surface area (Å²) in [5.41, 5.74) is 0. The zero-order valence-electron chi connectivity index (χ0n) is 10.9. The van der Waals surface area contributed by atoms with E-state index in [9.17, 15) is 4.79 Å². The molecule has 1 saturated heterocycles. The molecule has 1 amide bonds. The van der Waals surface area contributed by atoms with Crippen molar-refractivity contribution in [3.05, 3.63) is 0 Å². The first-order valence-electron chi connectivity index (χ1n) is 6.19. The molecule has 1 aliphatic heterocycles. The molecule has 0 bridgehead atoms. The van der Waals surface area contributed by atoms with Crippen molar-refractivity contribution >= 4 is 5.91 Å². The highest BCUT2D eigenvalue weighted by atomic mass is 16.2. The lowest BCUT2D eigenvalue weighted by Crippen LogP contribution is -2.47. The number of likely N-dealkylation sites (N-methyl/N-ethyl adjacent to an activating group) is 2. The van der Waals surface area contributed by atoms with Gasteiger partial charge in [0.2, 0.25) is 5.91 Å². The van der Waals surface area contributed by atoms with Crippen LogP contribution in [0.4, 0.5) is 0 Å². The summed E-state index contributed by atoms with van der Waals surface area (Å²) < 4.78 is 0. The number of nitrogens with one attached hydrogen (secondary N) is 2. The minimum Gasteiger partial charge on any atom is -0.351 e. The summed E-state index contributed by atoms with van der Waals surface area (Å²) in [4.78, 5) is 14.2. The lowest BCUT2D eigenvalue weighted by Gasteiger charge is -2.20. The van der Waals surface area contributed by atoms with Crippen LogP contribution in [0.5, 0.6) is 0 Å². The van der Waals surface area contributed by atoms with Crippen molar-refractivity contribution in [3.8, 4) is 0 Å². The van der Waals surface area contributed by atoms with Gasteiger partial charge < -0.3 is 15.5 Å².